The van der Waals surface area contributed by atoms with E-state index in [0.29, 0.717) is 6.92 Å². The summed E-state index contributed by atoms with van der Waals surface area (Å²) >= 11 is 0. The summed E-state index contributed by atoms with van der Waals surface area (Å²) < 4.78 is 174. The molecule has 1 nitrogen and oxygen atoms in total. The van der Waals surface area contributed by atoms with Crippen molar-refractivity contribution in [1.82, 2.24) is 4.90 Å². The summed E-state index contributed by atoms with van der Waals surface area (Å²) in [4.78, 5) is 2.39. The number of hydrogen-bond acceptors (Lipinski definition) is 1. The highest BCUT2D eigenvalue weighted by atomic mass is 19.4. The number of likely N-dealkylation sites (tertiary alicyclic amines) is 1. The lowest BCUT2D eigenvalue weighted by atomic mass is 10.0. The quantitative estimate of drug-likeness (QED) is 0.177. The minimum Gasteiger partial charge on any atom is -0.306 e. The molecule has 2 aromatic carbocycles. The number of rotatable bonds is 0. The SMILES string of the molecule is CN1CCCCC1.Cc1c(F)c(C(F)(F)F)c(F)c(C(F)(F)F)c1F.Cc1c(F)c(F)c(F)c(F)c1F. The first kappa shape index (κ1) is 32.4. The van der Waals surface area contributed by atoms with Gasteiger partial charge < -0.3 is 4.90 Å². The van der Waals surface area contributed by atoms with Crippen LogP contribution >= 0.6 is 0 Å². The molecule has 1 heterocycles. The molecule has 0 saturated carbocycles. The van der Waals surface area contributed by atoms with Crippen molar-refractivity contribution in [3.05, 3.63) is 68.8 Å². The lowest BCUT2D eigenvalue weighted by Gasteiger charge is -2.20. The van der Waals surface area contributed by atoms with Gasteiger partial charge in [0.2, 0.25) is 5.82 Å². The first-order valence-corrected chi connectivity index (χ1v) is 10.2. The van der Waals surface area contributed by atoms with Gasteiger partial charge in [0.05, 0.1) is 0 Å². The molecule has 0 atom stereocenters. The van der Waals surface area contributed by atoms with Crippen LogP contribution < -0.4 is 0 Å². The summed E-state index contributed by atoms with van der Waals surface area (Å²) in [5.74, 6) is -17.3. The topological polar surface area (TPSA) is 3.24 Å². The molecule has 1 aliphatic heterocycles. The van der Waals surface area contributed by atoms with Gasteiger partial charge in [0.1, 0.15) is 22.8 Å². The predicted molar refractivity (Wildman–Crippen MR) is 103 cm³/mol. The highest BCUT2D eigenvalue weighted by molar-refractivity contribution is 5.38. The highest BCUT2D eigenvalue weighted by Gasteiger charge is 2.47. The molecular weight excluding hydrogens is 544 g/mol. The van der Waals surface area contributed by atoms with Gasteiger partial charge in [-0.2, -0.15) is 26.3 Å². The highest BCUT2D eigenvalue weighted by Crippen LogP contribution is 2.42. The Labute approximate surface area is 201 Å². The van der Waals surface area contributed by atoms with Gasteiger partial charge in [0, 0.05) is 11.1 Å². The van der Waals surface area contributed by atoms with E-state index in [9.17, 15) is 61.5 Å². The van der Waals surface area contributed by atoms with E-state index in [1.165, 1.54) is 32.4 Å². The molecule has 1 aliphatic rings. The molecule has 0 spiro atoms. The standard InChI is InChI=1S/C9H3F9.C7H3F5.C6H13N/c1-2-5(10)3(8(13,14)15)7(12)4(6(2)11)9(16,17)18;1-2-3(8)5(10)7(12)6(11)4(2)9;1-7-5-3-2-4-6-7/h1H3;1H3;2-6H2,1H3. The van der Waals surface area contributed by atoms with Crippen molar-refractivity contribution in [3.63, 3.8) is 0 Å². The van der Waals surface area contributed by atoms with Crippen LogP contribution in [0.4, 0.5) is 61.5 Å². The number of hydrogen-bond donors (Lipinski definition) is 0. The van der Waals surface area contributed by atoms with Crippen LogP contribution in [-0.4, -0.2) is 25.0 Å². The Morgan fingerprint density at radius 2 is 0.757 bits per heavy atom. The molecule has 0 unspecified atom stereocenters. The zero-order valence-electron chi connectivity index (χ0n) is 19.3. The number of piperidine rings is 1. The second-order valence-corrected chi connectivity index (χ2v) is 7.87. The van der Waals surface area contributed by atoms with E-state index in [1.807, 2.05) is 0 Å². The Bertz CT molecular complexity index is 953. The van der Waals surface area contributed by atoms with E-state index in [4.69, 9.17) is 0 Å². The van der Waals surface area contributed by atoms with Crippen LogP contribution in [0.5, 0.6) is 0 Å². The first-order valence-electron chi connectivity index (χ1n) is 10.2. The molecule has 0 aromatic heterocycles. The Kier molecular flexibility index (Phi) is 10.8. The van der Waals surface area contributed by atoms with Crippen LogP contribution in [-0.2, 0) is 12.4 Å². The van der Waals surface area contributed by atoms with Crippen LogP contribution in [0.1, 0.15) is 41.5 Å². The third-order valence-corrected chi connectivity index (χ3v) is 5.11. The fraction of sp³-hybridized carbons (Fsp3) is 0.455. The van der Waals surface area contributed by atoms with Crippen LogP contribution in [0.2, 0.25) is 0 Å². The molecule has 37 heavy (non-hydrogen) atoms. The molecule has 2 aromatic rings. The fourth-order valence-corrected chi connectivity index (χ4v) is 3.05. The van der Waals surface area contributed by atoms with Gasteiger partial charge in [-0.25, -0.2) is 35.1 Å². The Balaban J connectivity index is 0.000000307. The molecule has 1 fully saturated rings. The van der Waals surface area contributed by atoms with Crippen molar-refractivity contribution < 1.29 is 61.5 Å². The summed E-state index contributed by atoms with van der Waals surface area (Å²) in [7, 11) is 2.19. The summed E-state index contributed by atoms with van der Waals surface area (Å²) in [6.07, 6.45) is -7.13. The van der Waals surface area contributed by atoms with Crippen LogP contribution in [0.25, 0.3) is 0 Å². The predicted octanol–water partition coefficient (Wildman–Crippen LogP) is 8.24. The molecule has 3 rings (SSSR count). The van der Waals surface area contributed by atoms with Crippen LogP contribution in [0, 0.1) is 60.4 Å². The maximum Gasteiger partial charge on any atom is 0.422 e. The zero-order valence-corrected chi connectivity index (χ0v) is 19.3. The van der Waals surface area contributed by atoms with E-state index in [0.717, 1.165) is 6.92 Å². The summed E-state index contributed by atoms with van der Waals surface area (Å²) in [6, 6.07) is 0. The summed E-state index contributed by atoms with van der Waals surface area (Å²) in [6.45, 7) is 3.81. The lowest BCUT2D eigenvalue weighted by molar-refractivity contribution is -0.151. The van der Waals surface area contributed by atoms with E-state index in [2.05, 4.69) is 11.9 Å². The average molecular weight is 563 g/mol. The Morgan fingerprint density at radius 1 is 0.459 bits per heavy atom. The number of alkyl halides is 6. The summed E-state index contributed by atoms with van der Waals surface area (Å²) in [5, 5.41) is 0. The normalized spacial score (nSPS) is 14.5. The third-order valence-electron chi connectivity index (χ3n) is 5.11. The van der Waals surface area contributed by atoms with Crippen molar-refractivity contribution in [1.29, 1.82) is 0 Å². The maximum atomic E-state index is 13.0. The van der Waals surface area contributed by atoms with Gasteiger partial charge in [-0.05, 0) is 46.8 Å². The largest absolute Gasteiger partial charge is 0.422 e. The lowest BCUT2D eigenvalue weighted by Crippen LogP contribution is -2.24. The second kappa shape index (κ2) is 12.3. The minimum atomic E-state index is -5.70. The molecule has 0 amide bonds. The minimum absolute atomic E-state index is 0.356. The number of nitrogens with zero attached hydrogens (tertiary/aromatic N) is 1. The van der Waals surface area contributed by atoms with Crippen molar-refractivity contribution in [2.75, 3.05) is 20.1 Å². The van der Waals surface area contributed by atoms with E-state index in [1.54, 1.807) is 0 Å². The van der Waals surface area contributed by atoms with Gasteiger partial charge in [-0.1, -0.05) is 6.42 Å². The van der Waals surface area contributed by atoms with Gasteiger partial charge in [0.25, 0.3) is 0 Å². The number of halogens is 14. The molecule has 0 N–H and O–H groups in total. The van der Waals surface area contributed by atoms with Crippen molar-refractivity contribution >= 4 is 0 Å². The number of benzene rings is 2. The fourth-order valence-electron chi connectivity index (χ4n) is 3.05. The third kappa shape index (κ3) is 7.71. The van der Waals surface area contributed by atoms with Crippen molar-refractivity contribution in [2.45, 2.75) is 45.5 Å². The smallest absolute Gasteiger partial charge is 0.306 e. The van der Waals surface area contributed by atoms with Crippen LogP contribution in [0.3, 0.4) is 0 Å². The molecule has 15 heteroatoms. The molecule has 0 radical (unpaired) electrons. The molecule has 210 valence electrons. The van der Waals surface area contributed by atoms with E-state index >= 15 is 0 Å². The Hall–Kier alpha value is -2.58. The average Bonchev–Trinajstić information content (AvgIpc) is 2.78. The van der Waals surface area contributed by atoms with E-state index in [-0.39, 0.29) is 0 Å². The van der Waals surface area contributed by atoms with Crippen molar-refractivity contribution in [2.24, 2.45) is 0 Å². The van der Waals surface area contributed by atoms with Gasteiger partial charge in [0.15, 0.2) is 29.1 Å². The summed E-state index contributed by atoms with van der Waals surface area (Å²) in [5.41, 5.74) is -7.93. The van der Waals surface area contributed by atoms with Gasteiger partial charge in [-0.15, -0.1) is 0 Å². The van der Waals surface area contributed by atoms with Gasteiger partial charge >= 0.3 is 12.4 Å². The Morgan fingerprint density at radius 3 is 1.03 bits per heavy atom. The molecule has 1 saturated heterocycles. The molecule has 0 aliphatic carbocycles. The van der Waals surface area contributed by atoms with Crippen LogP contribution in [0.15, 0.2) is 0 Å². The van der Waals surface area contributed by atoms with E-state index < -0.39 is 81.1 Å². The first-order chi connectivity index (χ1) is 16.7. The second-order valence-electron chi connectivity index (χ2n) is 7.87. The van der Waals surface area contributed by atoms with Crippen molar-refractivity contribution in [3.8, 4) is 0 Å². The monoisotopic (exact) mass is 563 g/mol. The zero-order chi connectivity index (χ0) is 29.0. The molecular formula is C22H19F14N. The van der Waals surface area contributed by atoms with Gasteiger partial charge in [-0.3, -0.25) is 0 Å². The maximum absolute atomic E-state index is 13.0. The molecule has 0 bridgehead atoms.